The number of hydrogen-bond donors (Lipinski definition) is 1. The Kier molecular flexibility index (Phi) is 6.73. The summed E-state index contributed by atoms with van der Waals surface area (Å²) in [5.41, 5.74) is 5.27. The smallest absolute Gasteiger partial charge is 0.160 e. The van der Waals surface area contributed by atoms with Gasteiger partial charge in [0.25, 0.3) is 0 Å². The Bertz CT molecular complexity index is 1270. The summed E-state index contributed by atoms with van der Waals surface area (Å²) >= 11 is 0. The van der Waals surface area contributed by atoms with Crippen molar-refractivity contribution in [1.29, 1.82) is 0 Å². The van der Waals surface area contributed by atoms with Crippen LogP contribution in [0.15, 0.2) is 91.1 Å². The second-order valence-electron chi connectivity index (χ2n) is 7.68. The number of aromatic nitrogens is 2. The summed E-state index contributed by atoms with van der Waals surface area (Å²) in [6.45, 7) is -0.0244. The highest BCUT2D eigenvalue weighted by molar-refractivity contribution is 7.89. The summed E-state index contributed by atoms with van der Waals surface area (Å²) in [6.07, 6.45) is 2.11. The van der Waals surface area contributed by atoms with E-state index in [-0.39, 0.29) is 18.1 Å². The lowest BCUT2D eigenvalue weighted by Gasteiger charge is -2.12. The van der Waals surface area contributed by atoms with Gasteiger partial charge >= 0.3 is 0 Å². The van der Waals surface area contributed by atoms with E-state index in [1.165, 1.54) is 0 Å². The number of nitrogens with zero attached hydrogens (tertiary/aromatic N) is 2. The van der Waals surface area contributed by atoms with Crippen LogP contribution < -0.4 is 0 Å². The summed E-state index contributed by atoms with van der Waals surface area (Å²) in [6, 6.07) is 26.4. The largest absolute Gasteiger partial charge is 0.392 e. The van der Waals surface area contributed by atoms with Gasteiger partial charge in [-0.2, -0.15) is 0 Å². The molecule has 3 aromatic carbocycles. The second kappa shape index (κ2) is 9.85. The van der Waals surface area contributed by atoms with Crippen LogP contribution in [0.1, 0.15) is 28.1 Å². The first-order valence-corrected chi connectivity index (χ1v) is 12.2. The predicted molar refractivity (Wildman–Crippen MR) is 125 cm³/mol. The third-order valence-corrected chi connectivity index (χ3v) is 6.65. The summed E-state index contributed by atoms with van der Waals surface area (Å²) in [5.74, 6) is -0.203. The van der Waals surface area contributed by atoms with E-state index < -0.39 is 9.84 Å². The first-order valence-electron chi connectivity index (χ1n) is 10.4. The number of benzene rings is 3. The fraction of sp³-hybridized carbons (Fsp3) is 0.154. The van der Waals surface area contributed by atoms with Crippen LogP contribution in [0.4, 0.5) is 0 Å². The molecule has 5 nitrogen and oxygen atoms in total. The average Bonchev–Trinajstić information content (AvgIpc) is 2.81. The van der Waals surface area contributed by atoms with Crippen LogP contribution in [-0.4, -0.2) is 23.5 Å². The third kappa shape index (κ3) is 5.66. The molecule has 0 aliphatic heterocycles. The van der Waals surface area contributed by atoms with Crippen LogP contribution in [0.25, 0.3) is 11.3 Å². The Hall–Kier alpha value is -3.35. The molecule has 32 heavy (non-hydrogen) atoms. The van der Waals surface area contributed by atoms with Gasteiger partial charge in [-0.25, -0.2) is 13.4 Å². The van der Waals surface area contributed by atoms with Crippen molar-refractivity contribution in [2.75, 3.05) is 0 Å². The van der Waals surface area contributed by atoms with E-state index in [4.69, 9.17) is 4.98 Å². The van der Waals surface area contributed by atoms with Crippen molar-refractivity contribution >= 4 is 9.84 Å². The molecule has 0 radical (unpaired) electrons. The first-order chi connectivity index (χ1) is 15.5. The monoisotopic (exact) mass is 444 g/mol. The summed E-state index contributed by atoms with van der Waals surface area (Å²) in [4.78, 5) is 9.33. The van der Waals surface area contributed by atoms with E-state index in [1.54, 1.807) is 6.20 Å². The molecular weight excluding hydrogens is 420 g/mol. The van der Waals surface area contributed by atoms with Gasteiger partial charge in [-0.05, 0) is 16.7 Å². The first kappa shape index (κ1) is 21.9. The molecule has 162 valence electrons. The lowest BCUT2D eigenvalue weighted by Crippen LogP contribution is -2.12. The number of aliphatic hydroxyl groups excluding tert-OH is 1. The van der Waals surface area contributed by atoms with Crippen molar-refractivity contribution in [3.63, 3.8) is 0 Å². The molecule has 0 saturated heterocycles. The van der Waals surface area contributed by atoms with E-state index in [0.717, 1.165) is 22.3 Å². The van der Waals surface area contributed by atoms with Crippen LogP contribution in [0.3, 0.4) is 0 Å². The van der Waals surface area contributed by atoms with E-state index in [1.807, 2.05) is 84.9 Å². The molecule has 1 N–H and O–H groups in total. The SMILES string of the molecule is O=S(=O)(Cc1ccccc1)Cc1ncc(-c2ccc(CO)cc2)nc1Cc1ccccc1. The summed E-state index contributed by atoms with van der Waals surface area (Å²) in [5, 5.41) is 9.27. The Morgan fingerprint density at radius 1 is 0.688 bits per heavy atom. The highest BCUT2D eigenvalue weighted by atomic mass is 32.2. The van der Waals surface area contributed by atoms with Crippen LogP contribution in [0.2, 0.25) is 0 Å². The van der Waals surface area contributed by atoms with Crippen LogP contribution >= 0.6 is 0 Å². The van der Waals surface area contributed by atoms with Gasteiger partial charge in [0.1, 0.15) is 0 Å². The van der Waals surface area contributed by atoms with Crippen molar-refractivity contribution in [3.8, 4) is 11.3 Å². The minimum Gasteiger partial charge on any atom is -0.392 e. The minimum atomic E-state index is -3.42. The Morgan fingerprint density at radius 2 is 1.31 bits per heavy atom. The van der Waals surface area contributed by atoms with Crippen molar-refractivity contribution < 1.29 is 13.5 Å². The van der Waals surface area contributed by atoms with Crippen LogP contribution in [0, 0.1) is 0 Å². The van der Waals surface area contributed by atoms with Gasteiger partial charge in [0.05, 0.1) is 41.4 Å². The fourth-order valence-corrected chi connectivity index (χ4v) is 4.97. The van der Waals surface area contributed by atoms with Crippen molar-refractivity contribution in [1.82, 2.24) is 9.97 Å². The molecular formula is C26H24N2O3S. The van der Waals surface area contributed by atoms with Gasteiger partial charge in [0.2, 0.25) is 0 Å². The average molecular weight is 445 g/mol. The molecule has 4 rings (SSSR count). The minimum absolute atomic E-state index is 0.0244. The molecule has 0 atom stereocenters. The summed E-state index contributed by atoms with van der Waals surface area (Å²) < 4.78 is 25.8. The zero-order chi connectivity index (χ0) is 22.4. The molecule has 0 fully saturated rings. The summed E-state index contributed by atoms with van der Waals surface area (Å²) in [7, 11) is -3.42. The molecule has 0 spiro atoms. The van der Waals surface area contributed by atoms with Crippen molar-refractivity contribution in [2.24, 2.45) is 0 Å². The molecule has 0 aliphatic rings. The van der Waals surface area contributed by atoms with Gasteiger partial charge in [-0.15, -0.1) is 0 Å². The Labute approximate surface area is 188 Å². The van der Waals surface area contributed by atoms with Crippen LogP contribution in [0.5, 0.6) is 0 Å². The van der Waals surface area contributed by atoms with E-state index in [9.17, 15) is 13.5 Å². The highest BCUT2D eigenvalue weighted by Crippen LogP contribution is 2.22. The lowest BCUT2D eigenvalue weighted by molar-refractivity contribution is 0.282. The number of hydrogen-bond acceptors (Lipinski definition) is 5. The van der Waals surface area contributed by atoms with E-state index in [2.05, 4.69) is 4.98 Å². The van der Waals surface area contributed by atoms with Crippen molar-refractivity contribution in [3.05, 3.63) is 119 Å². The lowest BCUT2D eigenvalue weighted by atomic mass is 10.1. The highest BCUT2D eigenvalue weighted by Gasteiger charge is 2.19. The maximum absolute atomic E-state index is 12.9. The number of aliphatic hydroxyl groups is 1. The van der Waals surface area contributed by atoms with E-state index >= 15 is 0 Å². The molecule has 0 aliphatic carbocycles. The normalized spacial score (nSPS) is 11.4. The molecule has 0 unspecified atom stereocenters. The maximum Gasteiger partial charge on any atom is 0.160 e. The zero-order valence-electron chi connectivity index (χ0n) is 17.6. The number of sulfone groups is 1. The van der Waals surface area contributed by atoms with Gasteiger partial charge in [-0.3, -0.25) is 4.98 Å². The van der Waals surface area contributed by atoms with Gasteiger partial charge < -0.3 is 5.11 Å². The van der Waals surface area contributed by atoms with Gasteiger partial charge in [-0.1, -0.05) is 84.9 Å². The molecule has 0 saturated carbocycles. The van der Waals surface area contributed by atoms with E-state index in [0.29, 0.717) is 23.5 Å². The quantitative estimate of drug-likeness (QED) is 0.437. The second-order valence-corrected chi connectivity index (χ2v) is 9.75. The molecule has 1 heterocycles. The molecule has 0 amide bonds. The molecule has 6 heteroatoms. The fourth-order valence-electron chi connectivity index (χ4n) is 3.51. The Morgan fingerprint density at radius 3 is 1.94 bits per heavy atom. The predicted octanol–water partition coefficient (Wildman–Crippen LogP) is 4.34. The molecule has 0 bridgehead atoms. The molecule has 4 aromatic rings. The Balaban J connectivity index is 1.67. The van der Waals surface area contributed by atoms with Gasteiger partial charge in [0, 0.05) is 12.0 Å². The number of rotatable bonds is 8. The van der Waals surface area contributed by atoms with Crippen LogP contribution in [-0.2, 0) is 34.4 Å². The van der Waals surface area contributed by atoms with Gasteiger partial charge in [0.15, 0.2) is 9.84 Å². The molecule has 1 aromatic heterocycles. The third-order valence-electron chi connectivity index (χ3n) is 5.16. The zero-order valence-corrected chi connectivity index (χ0v) is 18.4. The maximum atomic E-state index is 12.9. The van der Waals surface area contributed by atoms with Crippen molar-refractivity contribution in [2.45, 2.75) is 24.5 Å². The topological polar surface area (TPSA) is 80.2 Å². The standard InChI is InChI=1S/C26H24N2O3S/c29-17-21-11-13-23(14-12-21)25-16-27-26(24(28-25)15-20-7-3-1-4-8-20)19-32(30,31)18-22-9-5-2-6-10-22/h1-14,16,29H,15,17-19H2.